The van der Waals surface area contributed by atoms with Gasteiger partial charge in [-0.05, 0) is 92.2 Å². The predicted molar refractivity (Wildman–Crippen MR) is 134 cm³/mol. The van der Waals surface area contributed by atoms with Crippen LogP contribution < -0.4 is 0 Å². The summed E-state index contributed by atoms with van der Waals surface area (Å²) < 4.78 is 68.8. The first-order valence-electron chi connectivity index (χ1n) is 13.5. The average Bonchev–Trinajstić information content (AvgIpc) is 3.49. The second-order valence-electron chi connectivity index (χ2n) is 11.6. The van der Waals surface area contributed by atoms with Gasteiger partial charge in [0.25, 0.3) is 0 Å². The Kier molecular flexibility index (Phi) is 7.00. The third kappa shape index (κ3) is 4.93. The molecule has 1 N–H and O–H groups in total. The molecule has 9 heteroatoms. The van der Waals surface area contributed by atoms with Crippen molar-refractivity contribution in [2.75, 3.05) is 6.54 Å². The number of halogens is 5. The lowest BCUT2D eigenvalue weighted by atomic mass is 9.63. The molecule has 5 atom stereocenters. The van der Waals surface area contributed by atoms with Crippen LogP contribution in [0, 0.1) is 17.7 Å². The highest BCUT2D eigenvalue weighted by molar-refractivity contribution is 5.78. The smallest absolute Gasteiger partial charge is 0.426 e. The van der Waals surface area contributed by atoms with Gasteiger partial charge >= 0.3 is 12.1 Å². The minimum absolute atomic E-state index is 0.00809. The van der Waals surface area contributed by atoms with Crippen molar-refractivity contribution in [3.05, 3.63) is 70.5 Å². The summed E-state index contributed by atoms with van der Waals surface area (Å²) >= 11 is 0. The van der Waals surface area contributed by atoms with Crippen LogP contribution in [0.5, 0.6) is 0 Å². The van der Waals surface area contributed by atoms with Crippen LogP contribution >= 0.6 is 0 Å². The molecule has 1 aliphatic heterocycles. The summed E-state index contributed by atoms with van der Waals surface area (Å²) in [7, 11) is 0. The summed E-state index contributed by atoms with van der Waals surface area (Å²) in [6.07, 6.45) is -1.10. The molecule has 0 radical (unpaired) electrons. The van der Waals surface area contributed by atoms with E-state index in [9.17, 15) is 36.6 Å². The second-order valence-corrected chi connectivity index (χ2v) is 11.6. The Morgan fingerprint density at radius 3 is 2.41 bits per heavy atom. The van der Waals surface area contributed by atoms with Crippen molar-refractivity contribution < 1.29 is 36.6 Å². The fourth-order valence-electron chi connectivity index (χ4n) is 7.14. The van der Waals surface area contributed by atoms with E-state index in [0.29, 0.717) is 64.0 Å². The fourth-order valence-corrected chi connectivity index (χ4v) is 7.14. The van der Waals surface area contributed by atoms with Gasteiger partial charge in [0, 0.05) is 24.4 Å². The molecule has 2 aromatic carbocycles. The Balaban J connectivity index is 1.47. The highest BCUT2D eigenvalue weighted by Gasteiger charge is 2.55. The number of nitrogens with zero attached hydrogens (tertiary/aromatic N) is 1. The first-order valence-corrected chi connectivity index (χ1v) is 13.5. The summed E-state index contributed by atoms with van der Waals surface area (Å²) in [4.78, 5) is 26.8. The van der Waals surface area contributed by atoms with Gasteiger partial charge in [0.15, 0.2) is 0 Å². The van der Waals surface area contributed by atoms with Gasteiger partial charge in [-0.3, -0.25) is 9.59 Å². The second kappa shape index (κ2) is 9.89. The molecule has 0 bridgehead atoms. The van der Waals surface area contributed by atoms with E-state index in [2.05, 4.69) is 0 Å². The fraction of sp³-hybridized carbons (Fsp3) is 0.533. The minimum atomic E-state index is -5.05. The standard InChI is InChI=1S/C30H32F5NO3/c1-28(32,30(33,34)35)22-7-10-24-20(16-22)6-11-25-29(24,17-18-3-8-23(31)9-4-18)12-13-36(25)26(37)15-19-2-5-21(14-19)27(38)39/h3-4,7-10,16,19,21,25H,2,5-6,11-15,17H2,1H3,(H,38,39)/t19?,21?,25-,28?,29-/m1/s1. The Morgan fingerprint density at radius 1 is 1.05 bits per heavy atom. The van der Waals surface area contributed by atoms with Gasteiger partial charge in [-0.25, -0.2) is 8.78 Å². The summed E-state index contributed by atoms with van der Waals surface area (Å²) in [5.74, 6) is -1.66. The molecule has 3 unspecified atom stereocenters. The van der Waals surface area contributed by atoms with Crippen LogP contribution in [0.4, 0.5) is 22.0 Å². The third-order valence-corrected chi connectivity index (χ3v) is 9.32. The van der Waals surface area contributed by atoms with Crippen LogP contribution in [0.25, 0.3) is 0 Å². The van der Waals surface area contributed by atoms with Crippen molar-refractivity contribution in [1.82, 2.24) is 4.90 Å². The summed E-state index contributed by atoms with van der Waals surface area (Å²) in [6.45, 7) is 0.993. The molecule has 0 aromatic heterocycles. The van der Waals surface area contributed by atoms with E-state index >= 15 is 0 Å². The zero-order valence-electron chi connectivity index (χ0n) is 21.7. The van der Waals surface area contributed by atoms with Crippen LogP contribution in [-0.4, -0.2) is 40.6 Å². The van der Waals surface area contributed by atoms with Crippen molar-refractivity contribution in [1.29, 1.82) is 0 Å². The zero-order chi connectivity index (χ0) is 28.2. The maximum Gasteiger partial charge on any atom is 0.426 e. The predicted octanol–water partition coefficient (Wildman–Crippen LogP) is 6.49. The lowest BCUT2D eigenvalue weighted by Gasteiger charge is -2.44. The normalized spacial score (nSPS) is 28.1. The monoisotopic (exact) mass is 549 g/mol. The van der Waals surface area contributed by atoms with Gasteiger partial charge in [-0.2, -0.15) is 13.2 Å². The van der Waals surface area contributed by atoms with Crippen molar-refractivity contribution in [2.45, 2.75) is 81.6 Å². The first kappa shape index (κ1) is 27.6. The topological polar surface area (TPSA) is 57.6 Å². The number of hydrogen-bond acceptors (Lipinski definition) is 2. The Morgan fingerprint density at radius 2 is 1.77 bits per heavy atom. The van der Waals surface area contributed by atoms with Crippen molar-refractivity contribution in [3.63, 3.8) is 0 Å². The maximum absolute atomic E-state index is 14.8. The van der Waals surface area contributed by atoms with Crippen molar-refractivity contribution in [2.24, 2.45) is 11.8 Å². The minimum Gasteiger partial charge on any atom is -0.481 e. The molecule has 1 saturated carbocycles. The van der Waals surface area contributed by atoms with Crippen LogP contribution in [0.1, 0.15) is 67.7 Å². The third-order valence-electron chi connectivity index (χ3n) is 9.32. The number of carbonyl (C=O) groups is 2. The molecule has 1 heterocycles. The van der Waals surface area contributed by atoms with Gasteiger partial charge in [0.1, 0.15) is 5.82 Å². The van der Waals surface area contributed by atoms with Crippen molar-refractivity contribution in [3.8, 4) is 0 Å². The molecular weight excluding hydrogens is 517 g/mol. The molecule has 1 amide bonds. The maximum atomic E-state index is 14.8. The number of likely N-dealkylation sites (tertiary alicyclic amines) is 1. The molecule has 0 spiro atoms. The number of benzene rings is 2. The number of fused-ring (bicyclic) bond motifs is 3. The zero-order valence-corrected chi connectivity index (χ0v) is 21.7. The average molecular weight is 550 g/mol. The highest BCUT2D eigenvalue weighted by Crippen LogP contribution is 2.51. The van der Waals surface area contributed by atoms with E-state index in [1.807, 2.05) is 4.90 Å². The molecule has 3 aliphatic rings. The lowest BCUT2D eigenvalue weighted by molar-refractivity contribution is -0.228. The molecule has 39 heavy (non-hydrogen) atoms. The Bertz CT molecular complexity index is 1260. The van der Waals surface area contributed by atoms with Gasteiger partial charge < -0.3 is 10.0 Å². The van der Waals surface area contributed by atoms with Crippen LogP contribution in [-0.2, 0) is 33.5 Å². The van der Waals surface area contributed by atoms with Crippen LogP contribution in [0.2, 0.25) is 0 Å². The van der Waals surface area contributed by atoms with Gasteiger partial charge in [-0.1, -0.05) is 30.3 Å². The number of carboxylic acids is 1. The van der Waals surface area contributed by atoms with E-state index in [-0.39, 0.29) is 30.1 Å². The largest absolute Gasteiger partial charge is 0.481 e. The number of alkyl halides is 4. The summed E-state index contributed by atoms with van der Waals surface area (Å²) in [5.41, 5.74) is -2.23. The number of hydrogen-bond donors (Lipinski definition) is 1. The molecular formula is C30H32F5NO3. The molecule has 5 rings (SSSR count). The summed E-state index contributed by atoms with van der Waals surface area (Å²) in [6, 6.07) is 9.99. The number of carbonyl (C=O) groups excluding carboxylic acids is 1. The van der Waals surface area contributed by atoms with Gasteiger partial charge in [0.05, 0.1) is 5.92 Å². The lowest BCUT2D eigenvalue weighted by Crippen LogP contribution is -2.49. The van der Waals surface area contributed by atoms with E-state index in [1.54, 1.807) is 18.2 Å². The first-order chi connectivity index (χ1) is 18.3. The van der Waals surface area contributed by atoms with E-state index in [1.165, 1.54) is 24.3 Å². The van der Waals surface area contributed by atoms with Gasteiger partial charge in [-0.15, -0.1) is 0 Å². The molecule has 210 valence electrons. The quantitative estimate of drug-likeness (QED) is 0.419. The van der Waals surface area contributed by atoms with E-state index in [0.717, 1.165) is 11.1 Å². The SMILES string of the molecule is CC(F)(c1ccc2c(c1)CC[C@H]1N(C(=O)CC3CCC(C(=O)O)C3)CC[C@@]21Cc1ccc(F)cc1)C(F)(F)F. The Labute approximate surface area is 224 Å². The Hall–Kier alpha value is -2.97. The number of aliphatic carboxylic acids is 1. The molecule has 2 fully saturated rings. The van der Waals surface area contributed by atoms with Gasteiger partial charge in [0.2, 0.25) is 11.6 Å². The highest BCUT2D eigenvalue weighted by atomic mass is 19.4. The number of rotatable bonds is 6. The summed E-state index contributed by atoms with van der Waals surface area (Å²) in [5, 5.41) is 9.32. The number of carboxylic acid groups (broad SMARTS) is 1. The van der Waals surface area contributed by atoms with Crippen LogP contribution in [0.3, 0.4) is 0 Å². The number of aryl methyl sites for hydroxylation is 1. The van der Waals surface area contributed by atoms with E-state index < -0.39 is 34.7 Å². The molecule has 4 nitrogen and oxygen atoms in total. The molecule has 2 aromatic rings. The molecule has 2 aliphatic carbocycles. The van der Waals surface area contributed by atoms with Crippen molar-refractivity contribution >= 4 is 11.9 Å². The van der Waals surface area contributed by atoms with E-state index in [4.69, 9.17) is 0 Å². The molecule has 1 saturated heterocycles. The van der Waals surface area contributed by atoms with Crippen LogP contribution in [0.15, 0.2) is 42.5 Å². The number of amides is 1.